The lowest BCUT2D eigenvalue weighted by Gasteiger charge is -1.97. The molecule has 1 nitrogen and oxygen atoms in total. The Balaban J connectivity index is 2.08. The van der Waals surface area contributed by atoms with E-state index in [4.69, 9.17) is 4.42 Å². The molecule has 2 heterocycles. The topological polar surface area (TPSA) is 13.1 Å². The molecule has 0 N–H and O–H groups in total. The predicted molar refractivity (Wildman–Crippen MR) is 86.6 cm³/mol. The number of hydrogen-bond donors (Lipinski definition) is 0. The minimum absolute atomic E-state index is 1.01. The lowest BCUT2D eigenvalue weighted by molar-refractivity contribution is 0.677. The van der Waals surface area contributed by atoms with Gasteiger partial charge in [-0.3, -0.25) is 0 Å². The molecule has 0 bridgehead atoms. The van der Waals surface area contributed by atoms with Gasteiger partial charge in [0.15, 0.2) is 5.58 Å². The molecule has 5 aromatic rings. The van der Waals surface area contributed by atoms with Gasteiger partial charge in [0.25, 0.3) is 0 Å². The zero-order valence-electron chi connectivity index (χ0n) is 10.6. The first-order valence-corrected chi connectivity index (χ1v) is 7.45. The maximum atomic E-state index is 6.23. The van der Waals surface area contributed by atoms with Crippen molar-refractivity contribution in [1.82, 2.24) is 0 Å². The smallest absolute Gasteiger partial charge is 0.154 e. The normalized spacial score (nSPS) is 12.0. The van der Waals surface area contributed by atoms with E-state index >= 15 is 0 Å². The summed E-state index contributed by atoms with van der Waals surface area (Å²) in [4.78, 5) is 0. The van der Waals surface area contributed by atoms with Gasteiger partial charge in [0.2, 0.25) is 0 Å². The molecule has 0 saturated heterocycles. The highest BCUT2D eigenvalue weighted by Crippen LogP contribution is 2.42. The van der Waals surface area contributed by atoms with Crippen molar-refractivity contribution in [2.75, 3.05) is 0 Å². The number of furan rings is 1. The van der Waals surface area contributed by atoms with Gasteiger partial charge < -0.3 is 4.42 Å². The molecular weight excluding hydrogens is 264 g/mol. The maximum Gasteiger partial charge on any atom is 0.154 e. The van der Waals surface area contributed by atoms with Crippen LogP contribution in [0.3, 0.4) is 0 Å². The van der Waals surface area contributed by atoms with Crippen LogP contribution in [0.25, 0.3) is 42.1 Å². The number of rotatable bonds is 0. The molecule has 5 rings (SSSR count). The summed E-state index contributed by atoms with van der Waals surface area (Å²) in [5.41, 5.74) is 2.03. The summed E-state index contributed by atoms with van der Waals surface area (Å²) >= 11 is 1.81. The summed E-state index contributed by atoms with van der Waals surface area (Å²) in [5, 5.41) is 4.86. The van der Waals surface area contributed by atoms with Crippen molar-refractivity contribution < 1.29 is 4.42 Å². The van der Waals surface area contributed by atoms with Gasteiger partial charge in [0.05, 0.1) is 4.70 Å². The average Bonchev–Trinajstić information content (AvgIpc) is 3.03. The van der Waals surface area contributed by atoms with Crippen LogP contribution in [0.4, 0.5) is 0 Å². The molecule has 0 spiro atoms. The van der Waals surface area contributed by atoms with Crippen LogP contribution in [-0.4, -0.2) is 0 Å². The zero-order valence-corrected chi connectivity index (χ0v) is 11.4. The van der Waals surface area contributed by atoms with E-state index in [1.807, 2.05) is 11.3 Å². The molecule has 3 aromatic carbocycles. The van der Waals surface area contributed by atoms with Gasteiger partial charge in [0.1, 0.15) is 5.58 Å². The second-order valence-corrected chi connectivity index (χ2v) is 6.07. The van der Waals surface area contributed by atoms with E-state index in [1.54, 1.807) is 0 Å². The van der Waals surface area contributed by atoms with Gasteiger partial charge in [0, 0.05) is 20.9 Å². The van der Waals surface area contributed by atoms with Gasteiger partial charge in [-0.2, -0.15) is 0 Å². The predicted octanol–water partition coefficient (Wildman–Crippen LogP) is 5.95. The highest BCUT2D eigenvalue weighted by molar-refractivity contribution is 7.26. The summed E-state index contributed by atoms with van der Waals surface area (Å²) in [6.45, 7) is 0. The maximum absolute atomic E-state index is 6.23. The number of hydrogen-bond acceptors (Lipinski definition) is 2. The summed E-state index contributed by atoms with van der Waals surface area (Å²) in [6, 6.07) is 21.2. The van der Waals surface area contributed by atoms with Crippen LogP contribution < -0.4 is 0 Å². The third kappa shape index (κ3) is 1.22. The summed E-state index contributed by atoms with van der Waals surface area (Å²) < 4.78 is 8.77. The number of benzene rings is 3. The van der Waals surface area contributed by atoms with E-state index in [0.29, 0.717) is 0 Å². The molecule has 94 valence electrons. The van der Waals surface area contributed by atoms with Crippen molar-refractivity contribution >= 4 is 53.4 Å². The largest absolute Gasteiger partial charge is 0.454 e. The second-order valence-electron chi connectivity index (χ2n) is 5.02. The van der Waals surface area contributed by atoms with Crippen LogP contribution in [0.1, 0.15) is 0 Å². The molecule has 0 aliphatic rings. The van der Waals surface area contributed by atoms with Crippen molar-refractivity contribution in [3.8, 4) is 0 Å². The molecule has 0 atom stereocenters. The van der Waals surface area contributed by atoms with Gasteiger partial charge >= 0.3 is 0 Å². The molecule has 20 heavy (non-hydrogen) atoms. The van der Waals surface area contributed by atoms with Gasteiger partial charge in [-0.1, -0.05) is 42.5 Å². The first-order valence-electron chi connectivity index (χ1n) is 6.63. The molecule has 0 saturated carbocycles. The Morgan fingerprint density at radius 1 is 0.650 bits per heavy atom. The van der Waals surface area contributed by atoms with E-state index < -0.39 is 0 Å². The molecule has 0 aliphatic carbocycles. The standard InChI is InChI=1S/C18H10OS/c1-2-6-12-11(5-1)9-10-14-16(12)19-17-13-7-3-4-8-15(13)20-18(14)17/h1-10H. The Kier molecular flexibility index (Phi) is 1.89. The SMILES string of the molecule is c1ccc2c(c1)ccc1c2oc2c3ccccc3sc12. The first kappa shape index (κ1) is 10.5. The third-order valence-corrected chi connectivity index (χ3v) is 5.06. The molecule has 0 aliphatic heterocycles. The van der Waals surface area contributed by atoms with Crippen molar-refractivity contribution in [3.63, 3.8) is 0 Å². The molecule has 0 radical (unpaired) electrons. The molecule has 0 amide bonds. The van der Waals surface area contributed by atoms with Crippen LogP contribution in [0, 0.1) is 0 Å². The molecule has 2 heteroatoms. The summed E-state index contributed by atoms with van der Waals surface area (Å²) in [6.07, 6.45) is 0. The Morgan fingerprint density at radius 3 is 2.40 bits per heavy atom. The lowest BCUT2D eigenvalue weighted by Crippen LogP contribution is -1.71. The number of fused-ring (bicyclic) bond motifs is 7. The second kappa shape index (κ2) is 3.62. The van der Waals surface area contributed by atoms with Gasteiger partial charge in [-0.05, 0) is 23.6 Å². The molecule has 0 unspecified atom stereocenters. The van der Waals surface area contributed by atoms with Crippen LogP contribution in [0.2, 0.25) is 0 Å². The average molecular weight is 274 g/mol. The van der Waals surface area contributed by atoms with Crippen LogP contribution in [0.15, 0.2) is 65.1 Å². The lowest BCUT2D eigenvalue weighted by atomic mass is 10.1. The van der Waals surface area contributed by atoms with E-state index in [-0.39, 0.29) is 0 Å². The highest BCUT2D eigenvalue weighted by atomic mass is 32.1. The fraction of sp³-hybridized carbons (Fsp3) is 0. The van der Waals surface area contributed by atoms with Gasteiger partial charge in [-0.15, -0.1) is 11.3 Å². The minimum Gasteiger partial charge on any atom is -0.454 e. The molecule has 0 fully saturated rings. The highest BCUT2D eigenvalue weighted by Gasteiger charge is 2.14. The van der Waals surface area contributed by atoms with E-state index in [2.05, 4.69) is 60.7 Å². The van der Waals surface area contributed by atoms with Crippen molar-refractivity contribution in [2.45, 2.75) is 0 Å². The van der Waals surface area contributed by atoms with Crippen LogP contribution in [-0.2, 0) is 0 Å². The van der Waals surface area contributed by atoms with Crippen molar-refractivity contribution in [1.29, 1.82) is 0 Å². The third-order valence-electron chi connectivity index (χ3n) is 3.88. The Bertz CT molecular complexity index is 1090. The van der Waals surface area contributed by atoms with E-state index in [9.17, 15) is 0 Å². The summed E-state index contributed by atoms with van der Waals surface area (Å²) in [5.74, 6) is 0. The Morgan fingerprint density at radius 2 is 1.45 bits per heavy atom. The Hall–Kier alpha value is -2.32. The van der Waals surface area contributed by atoms with Crippen molar-refractivity contribution in [2.24, 2.45) is 0 Å². The monoisotopic (exact) mass is 274 g/mol. The van der Waals surface area contributed by atoms with Crippen LogP contribution >= 0.6 is 11.3 Å². The van der Waals surface area contributed by atoms with Crippen molar-refractivity contribution in [3.05, 3.63) is 60.7 Å². The van der Waals surface area contributed by atoms with Crippen LogP contribution in [0.5, 0.6) is 0 Å². The zero-order chi connectivity index (χ0) is 13.1. The molecular formula is C18H10OS. The fourth-order valence-electron chi connectivity index (χ4n) is 2.93. The Labute approximate surface area is 119 Å². The number of thiophene rings is 1. The van der Waals surface area contributed by atoms with E-state index in [0.717, 1.165) is 11.2 Å². The van der Waals surface area contributed by atoms with E-state index in [1.165, 1.54) is 30.9 Å². The summed E-state index contributed by atoms with van der Waals surface area (Å²) in [7, 11) is 0. The quantitative estimate of drug-likeness (QED) is 0.340. The molecule has 2 aromatic heterocycles. The van der Waals surface area contributed by atoms with Gasteiger partial charge in [-0.25, -0.2) is 0 Å². The minimum atomic E-state index is 1.01. The first-order chi connectivity index (χ1) is 9.92. The fourth-order valence-corrected chi connectivity index (χ4v) is 4.09.